The van der Waals surface area contributed by atoms with Crippen molar-refractivity contribution >= 4 is 56.7 Å². The van der Waals surface area contributed by atoms with E-state index in [1.807, 2.05) is 30.5 Å². The lowest BCUT2D eigenvalue weighted by Gasteiger charge is -2.23. The molecule has 0 aliphatic carbocycles. The van der Waals surface area contributed by atoms with Gasteiger partial charge in [0, 0.05) is 34.8 Å². The molecule has 4 aromatic rings. The smallest absolute Gasteiger partial charge is 0.269 e. The molecule has 1 heterocycles. The fourth-order valence-electron chi connectivity index (χ4n) is 4.05. The number of non-ortho nitro benzene ring substituents is 1. The lowest BCUT2D eigenvalue weighted by Crippen LogP contribution is -2.39. The number of rotatable bonds is 9. The molecule has 0 bridgehead atoms. The first-order chi connectivity index (χ1) is 19.0. The predicted octanol–water partition coefficient (Wildman–Crippen LogP) is 5.65. The third-order valence-corrected chi connectivity index (χ3v) is 8.52. The van der Waals surface area contributed by atoms with Gasteiger partial charge >= 0.3 is 0 Å². The van der Waals surface area contributed by atoms with E-state index in [0.29, 0.717) is 15.6 Å². The number of nitrogens with one attached hydrogen (secondary N) is 1. The Morgan fingerprint density at radius 1 is 1.02 bits per heavy atom. The van der Waals surface area contributed by atoms with E-state index in [1.54, 1.807) is 30.3 Å². The second-order valence-corrected chi connectivity index (χ2v) is 11.3. The number of aromatic nitrogens is 1. The first kappa shape index (κ1) is 28.8. The van der Waals surface area contributed by atoms with Crippen LogP contribution in [0.25, 0.3) is 5.69 Å². The molecule has 206 valence electrons. The molecule has 10 nitrogen and oxygen atoms in total. The SMILES string of the molecule is Cc1cc(/C=N\NC(=O)CN(c2ccc([N+](=O)[O-])cc2)S(=O)(=O)c2ccccc2)c(C)n1-c1ccc(Cl)c(Cl)c1. The molecular weight excluding hydrogens is 577 g/mol. The average molecular weight is 600 g/mol. The summed E-state index contributed by atoms with van der Waals surface area (Å²) >= 11 is 12.2. The molecule has 13 heteroatoms. The summed E-state index contributed by atoms with van der Waals surface area (Å²) in [6.45, 7) is 3.16. The van der Waals surface area contributed by atoms with Crippen molar-refractivity contribution in [2.75, 3.05) is 10.8 Å². The molecule has 1 amide bonds. The quantitative estimate of drug-likeness (QED) is 0.151. The monoisotopic (exact) mass is 599 g/mol. The van der Waals surface area contributed by atoms with E-state index in [9.17, 15) is 23.3 Å². The molecule has 3 aromatic carbocycles. The van der Waals surface area contributed by atoms with Crippen molar-refractivity contribution in [1.82, 2.24) is 9.99 Å². The van der Waals surface area contributed by atoms with Gasteiger partial charge in [-0.2, -0.15) is 5.10 Å². The maximum Gasteiger partial charge on any atom is 0.269 e. The zero-order valence-electron chi connectivity index (χ0n) is 21.3. The summed E-state index contributed by atoms with van der Waals surface area (Å²) in [5.74, 6) is -0.715. The summed E-state index contributed by atoms with van der Waals surface area (Å²) in [7, 11) is -4.18. The van der Waals surface area contributed by atoms with Crippen LogP contribution in [0.3, 0.4) is 0 Å². The third-order valence-electron chi connectivity index (χ3n) is 5.99. The van der Waals surface area contributed by atoms with Gasteiger partial charge in [0.2, 0.25) is 0 Å². The minimum atomic E-state index is -4.18. The Morgan fingerprint density at radius 2 is 1.70 bits per heavy atom. The molecule has 0 radical (unpaired) electrons. The number of nitro benzene ring substituents is 1. The van der Waals surface area contributed by atoms with Crippen LogP contribution in [0.5, 0.6) is 0 Å². The second-order valence-electron chi connectivity index (χ2n) is 8.65. The number of amides is 1. The number of halogens is 2. The Hall–Kier alpha value is -4.19. The van der Waals surface area contributed by atoms with Crippen molar-refractivity contribution in [3.8, 4) is 5.69 Å². The van der Waals surface area contributed by atoms with E-state index in [2.05, 4.69) is 10.5 Å². The number of nitrogens with zero attached hydrogens (tertiary/aromatic N) is 4. The molecule has 0 aliphatic rings. The third kappa shape index (κ3) is 6.17. The molecule has 0 saturated heterocycles. The van der Waals surface area contributed by atoms with Crippen LogP contribution in [0.1, 0.15) is 17.0 Å². The van der Waals surface area contributed by atoms with E-state index in [-0.39, 0.29) is 16.3 Å². The summed E-state index contributed by atoms with van der Waals surface area (Å²) < 4.78 is 29.6. The number of benzene rings is 3. The van der Waals surface area contributed by atoms with Gasteiger partial charge in [0.1, 0.15) is 6.54 Å². The Balaban J connectivity index is 1.56. The number of anilines is 1. The lowest BCUT2D eigenvalue weighted by atomic mass is 10.2. The molecule has 40 heavy (non-hydrogen) atoms. The molecule has 0 atom stereocenters. The fourth-order valence-corrected chi connectivity index (χ4v) is 5.79. The largest absolute Gasteiger partial charge is 0.318 e. The van der Waals surface area contributed by atoms with Gasteiger partial charge in [-0.25, -0.2) is 13.8 Å². The second kappa shape index (κ2) is 11.9. The first-order valence-corrected chi connectivity index (χ1v) is 14.0. The summed E-state index contributed by atoms with van der Waals surface area (Å²) in [5.41, 5.74) is 5.47. The Bertz CT molecular complexity index is 1710. The molecule has 0 saturated carbocycles. The Morgan fingerprint density at radius 3 is 2.33 bits per heavy atom. The van der Waals surface area contributed by atoms with Crippen molar-refractivity contribution in [2.24, 2.45) is 5.10 Å². The minimum Gasteiger partial charge on any atom is -0.318 e. The van der Waals surface area contributed by atoms with Gasteiger partial charge in [-0.15, -0.1) is 0 Å². The normalized spacial score (nSPS) is 11.5. The Labute approximate surface area is 240 Å². The molecule has 0 aliphatic heterocycles. The first-order valence-electron chi connectivity index (χ1n) is 11.8. The van der Waals surface area contributed by atoms with Crippen LogP contribution in [-0.2, 0) is 14.8 Å². The van der Waals surface area contributed by atoms with Crippen molar-refractivity contribution in [3.63, 3.8) is 0 Å². The highest BCUT2D eigenvalue weighted by Gasteiger charge is 2.27. The van der Waals surface area contributed by atoms with Crippen molar-refractivity contribution < 1.29 is 18.1 Å². The van der Waals surface area contributed by atoms with Gasteiger partial charge in [0.15, 0.2) is 0 Å². The highest BCUT2D eigenvalue weighted by molar-refractivity contribution is 7.92. The van der Waals surface area contributed by atoms with Gasteiger partial charge in [-0.05, 0) is 62.4 Å². The summed E-state index contributed by atoms with van der Waals surface area (Å²) in [6, 6.07) is 19.6. The minimum absolute atomic E-state index is 0.0422. The van der Waals surface area contributed by atoms with E-state index >= 15 is 0 Å². The van der Waals surface area contributed by atoms with E-state index in [4.69, 9.17) is 23.2 Å². The number of hydrogen-bond acceptors (Lipinski definition) is 6. The van der Waals surface area contributed by atoms with Gasteiger partial charge in [0.05, 0.1) is 31.8 Å². The maximum atomic E-state index is 13.4. The summed E-state index contributed by atoms with van der Waals surface area (Å²) in [5, 5.41) is 15.9. The van der Waals surface area contributed by atoms with E-state index in [0.717, 1.165) is 21.4 Å². The lowest BCUT2D eigenvalue weighted by molar-refractivity contribution is -0.384. The molecule has 4 rings (SSSR count). The van der Waals surface area contributed by atoms with Crippen LogP contribution >= 0.6 is 23.2 Å². The topological polar surface area (TPSA) is 127 Å². The molecule has 0 unspecified atom stereocenters. The molecule has 0 fully saturated rings. The average Bonchev–Trinajstić information content (AvgIpc) is 3.21. The van der Waals surface area contributed by atoms with E-state index < -0.39 is 27.4 Å². The zero-order chi connectivity index (χ0) is 29.0. The van der Waals surface area contributed by atoms with Crippen molar-refractivity contribution in [1.29, 1.82) is 0 Å². The predicted molar refractivity (Wildman–Crippen MR) is 155 cm³/mol. The number of nitro groups is 1. The van der Waals surface area contributed by atoms with Crippen LogP contribution < -0.4 is 9.73 Å². The highest BCUT2D eigenvalue weighted by Crippen LogP contribution is 2.28. The van der Waals surface area contributed by atoms with Crippen LogP contribution in [0.15, 0.2) is 88.9 Å². The number of aryl methyl sites for hydroxylation is 1. The number of carbonyl (C=O) groups is 1. The van der Waals surface area contributed by atoms with Crippen LogP contribution in [0, 0.1) is 24.0 Å². The van der Waals surface area contributed by atoms with Crippen molar-refractivity contribution in [3.05, 3.63) is 116 Å². The maximum absolute atomic E-state index is 13.4. The number of hydrogen-bond donors (Lipinski definition) is 1. The van der Waals surface area contributed by atoms with E-state index in [1.165, 1.54) is 42.6 Å². The molecular formula is C27H23Cl2N5O5S. The van der Waals surface area contributed by atoms with Crippen LogP contribution in [-0.4, -0.2) is 36.6 Å². The van der Waals surface area contributed by atoms with Gasteiger partial charge in [-0.1, -0.05) is 41.4 Å². The molecule has 1 N–H and O–H groups in total. The Kier molecular flexibility index (Phi) is 8.58. The van der Waals surface area contributed by atoms with Crippen LogP contribution in [0.4, 0.5) is 11.4 Å². The standard InChI is InChI=1S/C27H23Cl2N5O5S/c1-18-14-20(19(2)33(18)23-12-13-25(28)26(29)15-23)16-30-31-27(35)17-32(21-8-10-22(11-9-21)34(36)37)40(38,39)24-6-4-3-5-7-24/h3-16H,17H2,1-2H3,(H,31,35)/b30-16-. The summed E-state index contributed by atoms with van der Waals surface area (Å²) in [6.07, 6.45) is 1.45. The van der Waals surface area contributed by atoms with Crippen molar-refractivity contribution in [2.45, 2.75) is 18.7 Å². The van der Waals surface area contributed by atoms with Gasteiger partial charge in [0.25, 0.3) is 21.6 Å². The fraction of sp³-hybridized carbons (Fsp3) is 0.111. The molecule has 0 spiro atoms. The van der Waals surface area contributed by atoms with Gasteiger partial charge < -0.3 is 4.57 Å². The number of hydrazone groups is 1. The van der Waals surface area contributed by atoms with Crippen LogP contribution in [0.2, 0.25) is 10.0 Å². The zero-order valence-corrected chi connectivity index (χ0v) is 23.6. The molecule has 1 aromatic heterocycles. The summed E-state index contributed by atoms with van der Waals surface area (Å²) in [4.78, 5) is 23.3. The number of carbonyl (C=O) groups excluding carboxylic acids is 1. The van der Waals surface area contributed by atoms with Gasteiger partial charge in [-0.3, -0.25) is 19.2 Å². The number of sulfonamides is 1. The highest BCUT2D eigenvalue weighted by atomic mass is 35.5.